The van der Waals surface area contributed by atoms with E-state index in [1.165, 1.54) is 34.9 Å². The number of aromatic hydroxyl groups is 1. The average Bonchev–Trinajstić information content (AvgIpc) is 3.09. The predicted octanol–water partition coefficient (Wildman–Crippen LogP) is 4.85. The zero-order valence-electron chi connectivity index (χ0n) is 15.1. The molecule has 0 spiro atoms. The number of nitrogens with one attached hydrogen (secondary N) is 1. The number of aryl methyl sites for hydroxylation is 1. The van der Waals surface area contributed by atoms with Gasteiger partial charge in [0.05, 0.1) is 0 Å². The quantitative estimate of drug-likeness (QED) is 0.495. The van der Waals surface area contributed by atoms with Crippen LogP contribution in [0.1, 0.15) is 29.9 Å². The van der Waals surface area contributed by atoms with Gasteiger partial charge in [-0.3, -0.25) is 4.90 Å². The molecule has 2 heterocycles. The molecule has 26 heavy (non-hydrogen) atoms. The molecule has 1 aliphatic rings. The summed E-state index contributed by atoms with van der Waals surface area (Å²) in [4.78, 5) is 5.90. The van der Waals surface area contributed by atoms with E-state index in [9.17, 15) is 5.11 Å². The number of nitrogens with zero attached hydrogens (tertiary/aromatic N) is 1. The van der Waals surface area contributed by atoms with Gasteiger partial charge in [-0.05, 0) is 55.1 Å². The maximum Gasteiger partial charge on any atom is 0.115 e. The Hall–Kier alpha value is -2.52. The van der Waals surface area contributed by atoms with E-state index in [0.717, 1.165) is 26.1 Å². The first-order valence-corrected chi connectivity index (χ1v) is 9.52. The second-order valence-electron chi connectivity index (χ2n) is 7.20. The van der Waals surface area contributed by atoms with Crippen molar-refractivity contribution in [3.63, 3.8) is 0 Å². The van der Waals surface area contributed by atoms with Crippen molar-refractivity contribution in [1.82, 2.24) is 9.88 Å². The van der Waals surface area contributed by atoms with Gasteiger partial charge in [-0.1, -0.05) is 42.5 Å². The molecule has 2 N–H and O–H groups in total. The maximum absolute atomic E-state index is 9.46. The van der Waals surface area contributed by atoms with Crippen molar-refractivity contribution in [2.75, 3.05) is 19.6 Å². The van der Waals surface area contributed by atoms with E-state index in [2.05, 4.69) is 52.5 Å². The van der Waals surface area contributed by atoms with E-state index in [4.69, 9.17) is 0 Å². The van der Waals surface area contributed by atoms with Crippen molar-refractivity contribution in [2.45, 2.75) is 25.2 Å². The van der Waals surface area contributed by atoms with E-state index >= 15 is 0 Å². The van der Waals surface area contributed by atoms with Gasteiger partial charge in [-0.15, -0.1) is 0 Å². The fourth-order valence-corrected chi connectivity index (χ4v) is 3.90. The fourth-order valence-electron chi connectivity index (χ4n) is 3.90. The van der Waals surface area contributed by atoms with Gasteiger partial charge in [-0.2, -0.15) is 0 Å². The summed E-state index contributed by atoms with van der Waals surface area (Å²) in [6, 6.07) is 16.2. The van der Waals surface area contributed by atoms with Crippen LogP contribution in [-0.4, -0.2) is 34.6 Å². The minimum absolute atomic E-state index is 0.336. The lowest BCUT2D eigenvalue weighted by atomic mass is 9.95. The second kappa shape index (κ2) is 7.79. The Bertz CT molecular complexity index is 879. The molecule has 1 aromatic heterocycles. The molecule has 3 nitrogen and oxygen atoms in total. The Morgan fingerprint density at radius 2 is 1.88 bits per heavy atom. The minimum Gasteiger partial charge on any atom is -0.508 e. The first-order valence-electron chi connectivity index (χ1n) is 9.52. The molecule has 4 rings (SSSR count). The van der Waals surface area contributed by atoms with Crippen molar-refractivity contribution in [1.29, 1.82) is 0 Å². The minimum atomic E-state index is 0.336. The van der Waals surface area contributed by atoms with Crippen LogP contribution in [0.4, 0.5) is 0 Å². The molecule has 3 heteroatoms. The summed E-state index contributed by atoms with van der Waals surface area (Å²) in [5, 5.41) is 10.8. The van der Waals surface area contributed by atoms with Crippen LogP contribution in [-0.2, 0) is 6.42 Å². The normalized spacial score (nSPS) is 17.8. The van der Waals surface area contributed by atoms with E-state index in [1.54, 1.807) is 12.1 Å². The lowest BCUT2D eigenvalue weighted by molar-refractivity contribution is 0.278. The Morgan fingerprint density at radius 1 is 1.04 bits per heavy atom. The summed E-state index contributed by atoms with van der Waals surface area (Å²) in [5.74, 6) is 0.764. The first-order chi connectivity index (χ1) is 12.8. The maximum atomic E-state index is 9.46. The van der Waals surface area contributed by atoms with Crippen molar-refractivity contribution >= 4 is 10.9 Å². The van der Waals surface area contributed by atoms with E-state index < -0.39 is 0 Å². The number of aromatic nitrogens is 1. The first kappa shape index (κ1) is 16.9. The Morgan fingerprint density at radius 3 is 2.77 bits per heavy atom. The second-order valence-corrected chi connectivity index (χ2v) is 7.20. The summed E-state index contributed by atoms with van der Waals surface area (Å²) in [7, 11) is 0. The topological polar surface area (TPSA) is 39.3 Å². The van der Waals surface area contributed by atoms with Gasteiger partial charge in [0.15, 0.2) is 0 Å². The highest BCUT2D eigenvalue weighted by molar-refractivity contribution is 5.82. The molecule has 0 aliphatic carbocycles. The van der Waals surface area contributed by atoms with Gasteiger partial charge in [-0.25, -0.2) is 0 Å². The summed E-state index contributed by atoms with van der Waals surface area (Å²) in [5.41, 5.74) is 3.95. The number of phenols is 1. The lowest BCUT2D eigenvalue weighted by Crippen LogP contribution is -2.32. The van der Waals surface area contributed by atoms with Crippen LogP contribution < -0.4 is 0 Å². The number of fused-ring (bicyclic) bond motifs is 1. The standard InChI is InChI=1S/C23H26N2O/c26-21-12-10-18(11-13-21)20-7-5-15-25(17-20)14-4-3-6-19-16-24-23-9-2-1-8-22(19)23/h1-2,5,7-13,16,20,24,26H,3-4,6,14-15,17H2. The van der Waals surface area contributed by atoms with Crippen molar-refractivity contribution in [2.24, 2.45) is 0 Å². The van der Waals surface area contributed by atoms with Crippen molar-refractivity contribution in [3.05, 3.63) is 78.0 Å². The van der Waals surface area contributed by atoms with Crippen LogP contribution in [0.3, 0.4) is 0 Å². The number of rotatable bonds is 6. The molecule has 0 saturated carbocycles. The molecular weight excluding hydrogens is 320 g/mol. The number of phenolic OH excluding ortho intramolecular Hbond substituents is 1. The van der Waals surface area contributed by atoms with Crippen LogP contribution in [0, 0.1) is 0 Å². The number of hydrogen-bond donors (Lipinski definition) is 2. The molecule has 0 radical (unpaired) electrons. The summed E-state index contributed by atoms with van der Waals surface area (Å²) in [6.07, 6.45) is 10.3. The third-order valence-electron chi connectivity index (χ3n) is 5.35. The van der Waals surface area contributed by atoms with Crippen LogP contribution in [0.15, 0.2) is 66.9 Å². The molecule has 0 amide bonds. The average molecular weight is 346 g/mol. The van der Waals surface area contributed by atoms with Gasteiger partial charge in [0.25, 0.3) is 0 Å². The number of unbranched alkanes of at least 4 members (excludes halogenated alkanes) is 1. The van der Waals surface area contributed by atoms with Gasteiger partial charge in [0, 0.05) is 36.1 Å². The number of aromatic amines is 1. The molecule has 134 valence electrons. The molecule has 1 aliphatic heterocycles. The summed E-state index contributed by atoms with van der Waals surface area (Å²) < 4.78 is 0. The van der Waals surface area contributed by atoms with E-state index in [0.29, 0.717) is 11.7 Å². The van der Waals surface area contributed by atoms with Gasteiger partial charge in [0.1, 0.15) is 5.75 Å². The monoisotopic (exact) mass is 346 g/mol. The Kier molecular flexibility index (Phi) is 5.07. The smallest absolute Gasteiger partial charge is 0.115 e. The lowest BCUT2D eigenvalue weighted by Gasteiger charge is -2.29. The van der Waals surface area contributed by atoms with Crippen molar-refractivity contribution < 1.29 is 5.11 Å². The molecular formula is C23H26N2O. The molecule has 0 fully saturated rings. The Labute approximate surface area is 155 Å². The number of benzene rings is 2. The molecule has 3 aromatic rings. The summed E-state index contributed by atoms with van der Waals surface area (Å²) in [6.45, 7) is 3.25. The van der Waals surface area contributed by atoms with E-state index in [1.807, 2.05) is 12.1 Å². The molecule has 2 aromatic carbocycles. The van der Waals surface area contributed by atoms with Gasteiger partial charge < -0.3 is 10.1 Å². The predicted molar refractivity (Wildman–Crippen MR) is 108 cm³/mol. The fraction of sp³-hybridized carbons (Fsp3) is 0.304. The van der Waals surface area contributed by atoms with Crippen LogP contribution in [0.2, 0.25) is 0 Å². The number of H-pyrrole nitrogens is 1. The third-order valence-corrected chi connectivity index (χ3v) is 5.35. The number of para-hydroxylation sites is 1. The highest BCUT2D eigenvalue weighted by atomic mass is 16.3. The molecule has 1 atom stereocenters. The van der Waals surface area contributed by atoms with E-state index in [-0.39, 0.29) is 0 Å². The molecule has 0 bridgehead atoms. The Balaban J connectivity index is 1.27. The highest BCUT2D eigenvalue weighted by Gasteiger charge is 2.16. The molecule has 1 unspecified atom stereocenters. The zero-order chi connectivity index (χ0) is 17.8. The van der Waals surface area contributed by atoms with Gasteiger partial charge >= 0.3 is 0 Å². The van der Waals surface area contributed by atoms with Crippen LogP contribution in [0.25, 0.3) is 10.9 Å². The summed E-state index contributed by atoms with van der Waals surface area (Å²) >= 11 is 0. The highest BCUT2D eigenvalue weighted by Crippen LogP contribution is 2.24. The molecule has 0 saturated heterocycles. The van der Waals surface area contributed by atoms with Crippen molar-refractivity contribution in [3.8, 4) is 5.75 Å². The largest absolute Gasteiger partial charge is 0.508 e. The van der Waals surface area contributed by atoms with Crippen LogP contribution >= 0.6 is 0 Å². The van der Waals surface area contributed by atoms with Gasteiger partial charge in [0.2, 0.25) is 0 Å². The zero-order valence-corrected chi connectivity index (χ0v) is 15.1. The van der Waals surface area contributed by atoms with Crippen LogP contribution in [0.5, 0.6) is 5.75 Å². The third kappa shape index (κ3) is 3.83. The SMILES string of the molecule is Oc1ccc(C2C=CCN(CCCCc3c[nH]c4ccccc34)C2)cc1. The number of hydrogen-bond acceptors (Lipinski definition) is 2.